The fourth-order valence-corrected chi connectivity index (χ4v) is 2.23. The number of aromatic nitrogens is 1. The molecule has 3 N–H and O–H groups in total. The Morgan fingerprint density at radius 2 is 2.41 bits per heavy atom. The summed E-state index contributed by atoms with van der Waals surface area (Å²) in [6.07, 6.45) is 2.93. The van der Waals surface area contributed by atoms with Crippen LogP contribution in [0.25, 0.3) is 0 Å². The lowest BCUT2D eigenvalue weighted by molar-refractivity contribution is -0.0127. The van der Waals surface area contributed by atoms with E-state index in [1.165, 1.54) is 0 Å². The van der Waals surface area contributed by atoms with Gasteiger partial charge >= 0.3 is 0 Å². The highest BCUT2D eigenvalue weighted by Gasteiger charge is 2.39. The van der Waals surface area contributed by atoms with Crippen LogP contribution in [0, 0.1) is 6.92 Å². The molecule has 1 aromatic heterocycles. The maximum Gasteiger partial charge on any atom is 0.126 e. The molecule has 0 amide bonds. The van der Waals surface area contributed by atoms with E-state index in [0.29, 0.717) is 0 Å². The van der Waals surface area contributed by atoms with E-state index < -0.39 is 0 Å². The van der Waals surface area contributed by atoms with E-state index in [1.54, 1.807) is 6.20 Å². The van der Waals surface area contributed by atoms with Crippen LogP contribution in [0.2, 0.25) is 0 Å². The van der Waals surface area contributed by atoms with Gasteiger partial charge in [0, 0.05) is 23.3 Å². The van der Waals surface area contributed by atoms with Gasteiger partial charge in [-0.15, -0.1) is 0 Å². The summed E-state index contributed by atoms with van der Waals surface area (Å²) in [6.45, 7) is 4.77. The first-order chi connectivity index (χ1) is 8.11. The Hall–Kier alpha value is -0.650. The van der Waals surface area contributed by atoms with E-state index >= 15 is 0 Å². The minimum Gasteiger partial charge on any atom is -0.376 e. The van der Waals surface area contributed by atoms with Crippen molar-refractivity contribution in [2.24, 2.45) is 5.73 Å². The summed E-state index contributed by atoms with van der Waals surface area (Å²) in [6, 6.07) is 2.33. The molecule has 1 saturated carbocycles. The zero-order valence-electron chi connectivity index (χ0n) is 10.1. The molecule has 0 aromatic carbocycles. The Kier molecular flexibility index (Phi) is 4.01. The summed E-state index contributed by atoms with van der Waals surface area (Å²) >= 11 is 3.44. The lowest BCUT2D eigenvalue weighted by atomic mass is 9.83. The van der Waals surface area contributed by atoms with Crippen LogP contribution < -0.4 is 11.1 Å². The van der Waals surface area contributed by atoms with Crippen molar-refractivity contribution < 1.29 is 4.74 Å². The third-order valence-corrected chi connectivity index (χ3v) is 3.94. The number of hydrogen-bond acceptors (Lipinski definition) is 4. The Labute approximate surface area is 110 Å². The first-order valence-corrected chi connectivity index (χ1v) is 6.67. The van der Waals surface area contributed by atoms with E-state index in [4.69, 9.17) is 10.5 Å². The minimum atomic E-state index is 0.150. The van der Waals surface area contributed by atoms with Crippen LogP contribution in [0.5, 0.6) is 0 Å². The Bertz CT molecular complexity index is 397. The lowest BCUT2D eigenvalue weighted by Crippen LogP contribution is -2.60. The molecule has 0 spiro atoms. The summed E-state index contributed by atoms with van der Waals surface area (Å²) in [7, 11) is 0. The predicted octanol–water partition coefficient (Wildman–Crippen LogP) is 2.07. The molecule has 1 aliphatic rings. The molecule has 2 rings (SSSR count). The van der Waals surface area contributed by atoms with Crippen molar-refractivity contribution in [1.29, 1.82) is 0 Å². The molecular formula is C12H18BrN3O. The second-order valence-electron chi connectivity index (χ2n) is 4.38. The van der Waals surface area contributed by atoms with Gasteiger partial charge in [-0.3, -0.25) is 0 Å². The molecule has 4 nitrogen and oxygen atoms in total. The highest BCUT2D eigenvalue weighted by Crippen LogP contribution is 2.26. The zero-order valence-corrected chi connectivity index (χ0v) is 11.7. The summed E-state index contributed by atoms with van der Waals surface area (Å²) < 4.78 is 6.62. The fraction of sp³-hybridized carbons (Fsp3) is 0.583. The molecular weight excluding hydrogens is 282 g/mol. The number of nitrogens with two attached hydrogens (primary N) is 1. The van der Waals surface area contributed by atoms with Gasteiger partial charge in [-0.05, 0) is 47.8 Å². The SMILES string of the molecule is CCOC1CC(N)C1Nc1cc(C)c(Br)cn1. The van der Waals surface area contributed by atoms with Gasteiger partial charge in [0.15, 0.2) is 0 Å². The molecule has 94 valence electrons. The van der Waals surface area contributed by atoms with Crippen molar-refractivity contribution >= 4 is 21.7 Å². The Balaban J connectivity index is 2.02. The molecule has 1 fully saturated rings. The molecule has 0 aliphatic heterocycles. The van der Waals surface area contributed by atoms with Gasteiger partial charge in [0.25, 0.3) is 0 Å². The van der Waals surface area contributed by atoms with Crippen LogP contribution >= 0.6 is 15.9 Å². The van der Waals surface area contributed by atoms with Crippen LogP contribution in [-0.4, -0.2) is 29.8 Å². The van der Waals surface area contributed by atoms with Crippen molar-refractivity contribution in [2.45, 2.75) is 38.5 Å². The fourth-order valence-electron chi connectivity index (χ4n) is 2.02. The molecule has 5 heteroatoms. The first kappa shape index (κ1) is 12.8. The summed E-state index contributed by atoms with van der Waals surface area (Å²) in [5.41, 5.74) is 7.14. The van der Waals surface area contributed by atoms with Crippen LogP contribution in [0.15, 0.2) is 16.7 Å². The third-order valence-electron chi connectivity index (χ3n) is 3.11. The van der Waals surface area contributed by atoms with Gasteiger partial charge in [-0.2, -0.15) is 0 Å². The van der Waals surface area contributed by atoms with E-state index in [1.807, 2.05) is 19.9 Å². The van der Waals surface area contributed by atoms with Gasteiger partial charge in [0.1, 0.15) is 5.82 Å². The second-order valence-corrected chi connectivity index (χ2v) is 5.24. The largest absolute Gasteiger partial charge is 0.376 e. The zero-order chi connectivity index (χ0) is 12.4. The smallest absolute Gasteiger partial charge is 0.126 e. The molecule has 17 heavy (non-hydrogen) atoms. The highest BCUT2D eigenvalue weighted by atomic mass is 79.9. The van der Waals surface area contributed by atoms with E-state index in [2.05, 4.69) is 26.2 Å². The van der Waals surface area contributed by atoms with Crippen molar-refractivity contribution in [1.82, 2.24) is 4.98 Å². The maximum atomic E-state index is 5.98. The summed E-state index contributed by atoms with van der Waals surface area (Å²) in [4.78, 5) is 4.32. The number of aryl methyl sites for hydroxylation is 1. The number of ether oxygens (including phenoxy) is 1. The number of hydrogen-bond donors (Lipinski definition) is 2. The monoisotopic (exact) mass is 299 g/mol. The van der Waals surface area contributed by atoms with Crippen LogP contribution in [0.1, 0.15) is 18.9 Å². The highest BCUT2D eigenvalue weighted by molar-refractivity contribution is 9.10. The summed E-state index contributed by atoms with van der Waals surface area (Å²) in [5.74, 6) is 0.857. The standard InChI is InChI=1S/C12H18BrN3O/c1-3-17-10-5-9(14)12(10)16-11-4-7(2)8(13)6-15-11/h4,6,9-10,12H,3,5,14H2,1-2H3,(H,15,16). The number of anilines is 1. The van der Waals surface area contributed by atoms with Gasteiger partial charge in [0.2, 0.25) is 0 Å². The molecule has 0 bridgehead atoms. The van der Waals surface area contributed by atoms with Crippen LogP contribution in [0.3, 0.4) is 0 Å². The molecule has 1 heterocycles. The normalized spacial score (nSPS) is 27.6. The number of nitrogens with one attached hydrogen (secondary N) is 1. The van der Waals surface area contributed by atoms with Gasteiger partial charge in [-0.1, -0.05) is 0 Å². The predicted molar refractivity (Wildman–Crippen MR) is 72.1 cm³/mol. The van der Waals surface area contributed by atoms with Crippen LogP contribution in [0.4, 0.5) is 5.82 Å². The number of rotatable bonds is 4. The van der Waals surface area contributed by atoms with Crippen molar-refractivity contribution in [3.8, 4) is 0 Å². The topological polar surface area (TPSA) is 60.2 Å². The van der Waals surface area contributed by atoms with Crippen molar-refractivity contribution in [2.75, 3.05) is 11.9 Å². The molecule has 1 aromatic rings. The third kappa shape index (κ3) is 2.78. The van der Waals surface area contributed by atoms with Crippen molar-refractivity contribution in [3.63, 3.8) is 0 Å². The van der Waals surface area contributed by atoms with E-state index in [0.717, 1.165) is 28.9 Å². The number of nitrogens with zero attached hydrogens (tertiary/aromatic N) is 1. The average molecular weight is 300 g/mol. The van der Waals surface area contributed by atoms with Gasteiger partial charge in [0.05, 0.1) is 12.1 Å². The van der Waals surface area contributed by atoms with Gasteiger partial charge < -0.3 is 15.8 Å². The molecule has 3 unspecified atom stereocenters. The maximum absolute atomic E-state index is 5.98. The first-order valence-electron chi connectivity index (χ1n) is 5.87. The van der Waals surface area contributed by atoms with E-state index in [-0.39, 0.29) is 18.2 Å². The second kappa shape index (κ2) is 5.33. The lowest BCUT2D eigenvalue weighted by Gasteiger charge is -2.42. The van der Waals surface area contributed by atoms with Crippen LogP contribution in [-0.2, 0) is 4.74 Å². The quantitative estimate of drug-likeness (QED) is 0.893. The van der Waals surface area contributed by atoms with Crippen molar-refractivity contribution in [3.05, 3.63) is 22.3 Å². The Morgan fingerprint density at radius 3 is 3.00 bits per heavy atom. The Morgan fingerprint density at radius 1 is 1.65 bits per heavy atom. The molecule has 0 radical (unpaired) electrons. The molecule has 1 aliphatic carbocycles. The molecule has 0 saturated heterocycles. The average Bonchev–Trinajstić information content (AvgIpc) is 2.30. The van der Waals surface area contributed by atoms with E-state index in [9.17, 15) is 0 Å². The summed E-state index contributed by atoms with van der Waals surface area (Å²) in [5, 5.41) is 3.35. The minimum absolute atomic E-state index is 0.150. The number of pyridine rings is 1. The molecule has 3 atom stereocenters. The van der Waals surface area contributed by atoms with Gasteiger partial charge in [-0.25, -0.2) is 4.98 Å². The number of halogens is 1.